The van der Waals surface area contributed by atoms with Gasteiger partial charge in [-0.25, -0.2) is 4.98 Å². The van der Waals surface area contributed by atoms with Gasteiger partial charge in [-0.15, -0.1) is 24.0 Å². The van der Waals surface area contributed by atoms with E-state index in [0.29, 0.717) is 5.88 Å². The van der Waals surface area contributed by atoms with Crippen LogP contribution in [0.15, 0.2) is 30.6 Å². The van der Waals surface area contributed by atoms with E-state index in [2.05, 4.69) is 9.97 Å². The SMILES string of the molecule is Cl.ClCc1[nH]cnc1-c1ccc(Cl)cc1. The molecule has 15 heavy (non-hydrogen) atoms. The van der Waals surface area contributed by atoms with Gasteiger partial charge in [0, 0.05) is 10.6 Å². The standard InChI is InChI=1S/C10H8Cl2N2.ClH/c11-5-9-10(14-6-13-9)7-1-3-8(12)4-2-7;/h1-4,6H,5H2,(H,13,14);1H. The number of halogens is 3. The second kappa shape index (κ2) is 5.40. The first-order valence-corrected chi connectivity index (χ1v) is 5.06. The van der Waals surface area contributed by atoms with Crippen molar-refractivity contribution in [3.8, 4) is 11.3 Å². The van der Waals surface area contributed by atoms with Crippen molar-refractivity contribution in [1.82, 2.24) is 9.97 Å². The molecule has 0 aliphatic carbocycles. The van der Waals surface area contributed by atoms with Gasteiger partial charge in [0.25, 0.3) is 0 Å². The van der Waals surface area contributed by atoms with E-state index in [1.165, 1.54) is 0 Å². The Morgan fingerprint density at radius 3 is 2.47 bits per heavy atom. The predicted molar refractivity (Wildman–Crippen MR) is 65.8 cm³/mol. The van der Waals surface area contributed by atoms with E-state index < -0.39 is 0 Å². The number of nitrogens with zero attached hydrogens (tertiary/aromatic N) is 1. The molecule has 0 saturated carbocycles. The van der Waals surface area contributed by atoms with Gasteiger partial charge in [0.2, 0.25) is 0 Å². The van der Waals surface area contributed by atoms with Crippen LogP contribution >= 0.6 is 35.6 Å². The zero-order chi connectivity index (χ0) is 9.97. The molecule has 1 aromatic heterocycles. The third-order valence-electron chi connectivity index (χ3n) is 1.97. The molecule has 0 saturated heterocycles. The summed E-state index contributed by atoms with van der Waals surface area (Å²) in [6.07, 6.45) is 1.64. The van der Waals surface area contributed by atoms with Gasteiger partial charge in [0.05, 0.1) is 23.6 Å². The molecule has 1 aromatic carbocycles. The van der Waals surface area contributed by atoms with Crippen LogP contribution in [0.25, 0.3) is 11.3 Å². The van der Waals surface area contributed by atoms with Crippen LogP contribution in [0, 0.1) is 0 Å². The van der Waals surface area contributed by atoms with Crippen LogP contribution in [0.1, 0.15) is 5.69 Å². The quantitative estimate of drug-likeness (QED) is 0.818. The Kier molecular flexibility index (Phi) is 4.45. The molecule has 0 bridgehead atoms. The highest BCUT2D eigenvalue weighted by Gasteiger charge is 2.06. The minimum atomic E-state index is 0. The molecular formula is C10H9Cl3N2. The number of rotatable bonds is 2. The lowest BCUT2D eigenvalue weighted by molar-refractivity contribution is 1.22. The molecule has 1 heterocycles. The molecule has 0 spiro atoms. The topological polar surface area (TPSA) is 28.7 Å². The lowest BCUT2D eigenvalue weighted by atomic mass is 10.1. The van der Waals surface area contributed by atoms with Gasteiger partial charge in [-0.3, -0.25) is 0 Å². The summed E-state index contributed by atoms with van der Waals surface area (Å²) in [4.78, 5) is 7.20. The molecule has 80 valence electrons. The van der Waals surface area contributed by atoms with E-state index in [9.17, 15) is 0 Å². The Hall–Kier alpha value is -0.700. The maximum absolute atomic E-state index is 5.79. The first kappa shape index (κ1) is 12.4. The summed E-state index contributed by atoms with van der Waals surface area (Å²) >= 11 is 11.5. The van der Waals surface area contributed by atoms with Crippen molar-refractivity contribution < 1.29 is 0 Å². The summed E-state index contributed by atoms with van der Waals surface area (Å²) in [6, 6.07) is 7.52. The Morgan fingerprint density at radius 2 is 1.87 bits per heavy atom. The summed E-state index contributed by atoms with van der Waals surface area (Å²) in [5, 5.41) is 0.719. The van der Waals surface area contributed by atoms with Crippen LogP contribution < -0.4 is 0 Å². The molecule has 0 fully saturated rings. The molecule has 0 radical (unpaired) electrons. The number of imidazole rings is 1. The fourth-order valence-electron chi connectivity index (χ4n) is 1.28. The van der Waals surface area contributed by atoms with Crippen molar-refractivity contribution in [1.29, 1.82) is 0 Å². The molecule has 2 rings (SSSR count). The van der Waals surface area contributed by atoms with E-state index in [0.717, 1.165) is 22.0 Å². The van der Waals surface area contributed by atoms with Crippen molar-refractivity contribution in [2.45, 2.75) is 5.88 Å². The molecular weight excluding hydrogens is 254 g/mol. The number of aromatic nitrogens is 2. The Balaban J connectivity index is 0.00000112. The largest absolute Gasteiger partial charge is 0.347 e. The van der Waals surface area contributed by atoms with Gasteiger partial charge in [0.1, 0.15) is 0 Å². The number of hydrogen-bond donors (Lipinski definition) is 1. The minimum Gasteiger partial charge on any atom is -0.347 e. The maximum atomic E-state index is 5.79. The van der Waals surface area contributed by atoms with Gasteiger partial charge in [-0.2, -0.15) is 0 Å². The number of nitrogens with one attached hydrogen (secondary N) is 1. The zero-order valence-corrected chi connectivity index (χ0v) is 10.0. The van der Waals surface area contributed by atoms with E-state index in [-0.39, 0.29) is 12.4 Å². The highest BCUT2D eigenvalue weighted by Crippen LogP contribution is 2.22. The monoisotopic (exact) mass is 262 g/mol. The normalized spacial score (nSPS) is 9.73. The van der Waals surface area contributed by atoms with Crippen molar-refractivity contribution in [3.63, 3.8) is 0 Å². The van der Waals surface area contributed by atoms with Crippen molar-refractivity contribution in [3.05, 3.63) is 41.3 Å². The van der Waals surface area contributed by atoms with Gasteiger partial charge in [-0.05, 0) is 12.1 Å². The molecule has 5 heteroatoms. The fraction of sp³-hybridized carbons (Fsp3) is 0.100. The number of benzene rings is 1. The molecule has 2 aromatic rings. The van der Waals surface area contributed by atoms with Crippen LogP contribution in [-0.2, 0) is 5.88 Å². The Morgan fingerprint density at radius 1 is 1.20 bits per heavy atom. The second-order valence-electron chi connectivity index (χ2n) is 2.87. The van der Waals surface area contributed by atoms with Gasteiger partial charge < -0.3 is 4.98 Å². The lowest BCUT2D eigenvalue weighted by Crippen LogP contribution is -1.84. The third kappa shape index (κ3) is 2.65. The Labute approximate surface area is 104 Å². The molecule has 0 unspecified atom stereocenters. The van der Waals surface area contributed by atoms with E-state index in [1.807, 2.05) is 24.3 Å². The maximum Gasteiger partial charge on any atom is 0.0929 e. The number of H-pyrrole nitrogens is 1. The fourth-order valence-corrected chi connectivity index (χ4v) is 1.61. The van der Waals surface area contributed by atoms with Gasteiger partial charge in [-0.1, -0.05) is 23.7 Å². The van der Waals surface area contributed by atoms with E-state index in [1.54, 1.807) is 6.33 Å². The van der Waals surface area contributed by atoms with Crippen molar-refractivity contribution in [2.75, 3.05) is 0 Å². The average Bonchev–Trinajstić information content (AvgIpc) is 2.67. The molecule has 0 aliphatic heterocycles. The summed E-state index contributed by atoms with van der Waals surface area (Å²) in [5.41, 5.74) is 2.83. The smallest absolute Gasteiger partial charge is 0.0929 e. The van der Waals surface area contributed by atoms with Gasteiger partial charge in [0.15, 0.2) is 0 Å². The summed E-state index contributed by atoms with van der Waals surface area (Å²) in [5.74, 6) is 0.429. The van der Waals surface area contributed by atoms with Crippen LogP contribution in [0.2, 0.25) is 5.02 Å². The third-order valence-corrected chi connectivity index (χ3v) is 2.49. The molecule has 0 amide bonds. The van der Waals surface area contributed by atoms with E-state index >= 15 is 0 Å². The van der Waals surface area contributed by atoms with Crippen LogP contribution in [0.3, 0.4) is 0 Å². The summed E-state index contributed by atoms with van der Waals surface area (Å²) in [6.45, 7) is 0. The first-order chi connectivity index (χ1) is 6.81. The van der Waals surface area contributed by atoms with Gasteiger partial charge >= 0.3 is 0 Å². The highest BCUT2D eigenvalue weighted by atomic mass is 35.5. The zero-order valence-electron chi connectivity index (χ0n) is 7.71. The molecule has 0 atom stereocenters. The van der Waals surface area contributed by atoms with Crippen molar-refractivity contribution in [2.24, 2.45) is 0 Å². The molecule has 0 aliphatic rings. The summed E-state index contributed by atoms with van der Waals surface area (Å²) in [7, 11) is 0. The van der Waals surface area contributed by atoms with Crippen LogP contribution in [-0.4, -0.2) is 9.97 Å². The second-order valence-corrected chi connectivity index (χ2v) is 3.57. The molecule has 1 N–H and O–H groups in total. The first-order valence-electron chi connectivity index (χ1n) is 4.15. The van der Waals surface area contributed by atoms with Crippen LogP contribution in [0.4, 0.5) is 0 Å². The highest BCUT2D eigenvalue weighted by molar-refractivity contribution is 6.30. The number of hydrogen-bond acceptors (Lipinski definition) is 1. The molecule has 2 nitrogen and oxygen atoms in total. The number of aromatic amines is 1. The minimum absolute atomic E-state index is 0. The Bertz CT molecular complexity index is 422. The van der Waals surface area contributed by atoms with Crippen LogP contribution in [0.5, 0.6) is 0 Å². The summed E-state index contributed by atoms with van der Waals surface area (Å²) < 4.78 is 0. The number of alkyl halides is 1. The lowest BCUT2D eigenvalue weighted by Gasteiger charge is -1.99. The van der Waals surface area contributed by atoms with E-state index in [4.69, 9.17) is 23.2 Å². The average molecular weight is 264 g/mol. The predicted octanol–water partition coefficient (Wildman–Crippen LogP) is 3.89. The van der Waals surface area contributed by atoms with Crippen molar-refractivity contribution >= 4 is 35.6 Å².